The van der Waals surface area contributed by atoms with E-state index in [2.05, 4.69) is 13.8 Å². The number of ether oxygens (including phenoxy) is 1. The van der Waals surface area contributed by atoms with E-state index in [0.717, 1.165) is 16.2 Å². The maximum Gasteiger partial charge on any atom is 0.138 e. The van der Waals surface area contributed by atoms with Gasteiger partial charge < -0.3 is 10.5 Å². The highest BCUT2D eigenvalue weighted by molar-refractivity contribution is 7.98. The number of aryl methyl sites for hydroxylation is 2. The van der Waals surface area contributed by atoms with Crippen LogP contribution >= 0.6 is 24.0 Å². The zero-order valence-corrected chi connectivity index (χ0v) is 13.4. The predicted octanol–water partition coefficient (Wildman–Crippen LogP) is 4.45. The summed E-state index contributed by atoms with van der Waals surface area (Å²) in [6.45, 7) is 4.14. The largest absolute Gasteiger partial charge is 0.457 e. The smallest absolute Gasteiger partial charge is 0.138 e. The second-order valence-corrected chi connectivity index (χ2v) is 5.83. The van der Waals surface area contributed by atoms with Crippen LogP contribution in [0.1, 0.15) is 16.7 Å². The lowest BCUT2D eigenvalue weighted by atomic mass is 10.1. The topological polar surface area (TPSA) is 35.2 Å². The van der Waals surface area contributed by atoms with Crippen molar-refractivity contribution in [3.05, 3.63) is 53.1 Å². The third kappa shape index (κ3) is 3.14. The first-order valence-electron chi connectivity index (χ1n) is 6.25. The van der Waals surface area contributed by atoms with Crippen molar-refractivity contribution < 1.29 is 4.74 Å². The van der Waals surface area contributed by atoms with Crippen LogP contribution in [0.5, 0.6) is 11.5 Å². The molecule has 104 valence electrons. The molecule has 2 rings (SSSR count). The summed E-state index contributed by atoms with van der Waals surface area (Å²) in [5.41, 5.74) is 9.07. The molecule has 0 saturated heterocycles. The van der Waals surface area contributed by atoms with Gasteiger partial charge in [-0.15, -0.1) is 11.8 Å². The van der Waals surface area contributed by atoms with Crippen LogP contribution in [0.4, 0.5) is 0 Å². The van der Waals surface area contributed by atoms with Gasteiger partial charge >= 0.3 is 0 Å². The first kappa shape index (κ1) is 14.9. The van der Waals surface area contributed by atoms with Gasteiger partial charge in [-0.25, -0.2) is 0 Å². The van der Waals surface area contributed by atoms with Crippen LogP contribution in [0, 0.1) is 13.8 Å². The molecule has 0 fully saturated rings. The Morgan fingerprint density at radius 2 is 1.90 bits per heavy atom. The van der Waals surface area contributed by atoms with Crippen LogP contribution < -0.4 is 10.5 Å². The van der Waals surface area contributed by atoms with Crippen molar-refractivity contribution in [1.82, 2.24) is 0 Å². The Morgan fingerprint density at radius 3 is 2.50 bits per heavy atom. The van der Waals surface area contributed by atoms with Gasteiger partial charge in [-0.05, 0) is 55.5 Å². The van der Waals surface area contributed by atoms with Crippen LogP contribution in [0.3, 0.4) is 0 Å². The molecule has 2 N–H and O–H groups in total. The predicted molar refractivity (Wildman–Crippen MR) is 90.1 cm³/mol. The number of thioether (sulfide) groups is 1. The van der Waals surface area contributed by atoms with Crippen molar-refractivity contribution in [2.45, 2.75) is 18.7 Å². The summed E-state index contributed by atoms with van der Waals surface area (Å²) in [5.74, 6) is 1.50. The zero-order valence-electron chi connectivity index (χ0n) is 11.8. The van der Waals surface area contributed by atoms with E-state index < -0.39 is 0 Å². The van der Waals surface area contributed by atoms with Gasteiger partial charge in [-0.3, -0.25) is 0 Å². The highest BCUT2D eigenvalue weighted by Gasteiger charge is 2.12. The number of nitrogens with two attached hydrogens (primary N) is 1. The van der Waals surface area contributed by atoms with Crippen molar-refractivity contribution >= 4 is 29.0 Å². The fourth-order valence-electron chi connectivity index (χ4n) is 1.91. The molecule has 0 aromatic heterocycles. The van der Waals surface area contributed by atoms with Gasteiger partial charge in [0.05, 0.1) is 5.56 Å². The Bertz CT molecular complexity index is 653. The molecule has 2 nitrogen and oxygen atoms in total. The third-order valence-corrected chi connectivity index (χ3v) is 4.14. The SMILES string of the molecule is CSc1cccc(Oc2ccc(C)c(C)c2)c1C(N)=S. The molecule has 0 radical (unpaired) electrons. The van der Waals surface area contributed by atoms with E-state index in [4.69, 9.17) is 22.7 Å². The van der Waals surface area contributed by atoms with Gasteiger partial charge in [0.2, 0.25) is 0 Å². The molecule has 2 aromatic rings. The molecule has 2 aromatic carbocycles. The van der Waals surface area contributed by atoms with Gasteiger partial charge in [-0.2, -0.15) is 0 Å². The Balaban J connectivity index is 2.42. The zero-order chi connectivity index (χ0) is 14.7. The standard InChI is InChI=1S/C16H17NOS2/c1-10-7-8-12(9-11(10)2)18-13-5-4-6-14(20-3)15(13)16(17)19/h4-9H,1-3H3,(H2,17,19). The van der Waals surface area contributed by atoms with Gasteiger partial charge in [0.25, 0.3) is 0 Å². The van der Waals surface area contributed by atoms with E-state index in [0.29, 0.717) is 10.7 Å². The fourth-order valence-corrected chi connectivity index (χ4v) is 2.82. The number of thiocarbonyl (C=S) groups is 1. The summed E-state index contributed by atoms with van der Waals surface area (Å²) in [5, 5.41) is 0. The van der Waals surface area contributed by atoms with Crippen LogP contribution in [0.15, 0.2) is 41.3 Å². The van der Waals surface area contributed by atoms with Crippen LogP contribution in [-0.4, -0.2) is 11.2 Å². The minimum atomic E-state index is 0.355. The highest BCUT2D eigenvalue weighted by Crippen LogP contribution is 2.32. The van der Waals surface area contributed by atoms with Gasteiger partial charge in [-0.1, -0.05) is 24.4 Å². The average Bonchev–Trinajstić information content (AvgIpc) is 2.42. The van der Waals surface area contributed by atoms with Crippen molar-refractivity contribution in [2.75, 3.05) is 6.26 Å². The van der Waals surface area contributed by atoms with E-state index in [1.54, 1.807) is 11.8 Å². The molecule has 0 unspecified atom stereocenters. The summed E-state index contributed by atoms with van der Waals surface area (Å²) in [6, 6.07) is 11.9. The van der Waals surface area contributed by atoms with E-state index in [1.165, 1.54) is 11.1 Å². The molecule has 4 heteroatoms. The van der Waals surface area contributed by atoms with Crippen molar-refractivity contribution in [1.29, 1.82) is 0 Å². The second kappa shape index (κ2) is 6.29. The fraction of sp³-hybridized carbons (Fsp3) is 0.188. The highest BCUT2D eigenvalue weighted by atomic mass is 32.2. The van der Waals surface area contributed by atoms with Gasteiger partial charge in [0.15, 0.2) is 0 Å². The molecule has 0 saturated carbocycles. The van der Waals surface area contributed by atoms with Crippen molar-refractivity contribution in [3.63, 3.8) is 0 Å². The number of hydrogen-bond donors (Lipinski definition) is 1. The third-order valence-electron chi connectivity index (χ3n) is 3.16. The molecule has 0 bridgehead atoms. The monoisotopic (exact) mass is 303 g/mol. The summed E-state index contributed by atoms with van der Waals surface area (Å²) in [7, 11) is 0. The van der Waals surface area contributed by atoms with Gasteiger partial charge in [0.1, 0.15) is 16.5 Å². The second-order valence-electron chi connectivity index (χ2n) is 4.55. The lowest BCUT2D eigenvalue weighted by Gasteiger charge is -2.14. The summed E-state index contributed by atoms with van der Waals surface area (Å²) in [6.07, 6.45) is 2.00. The molecular weight excluding hydrogens is 286 g/mol. The summed E-state index contributed by atoms with van der Waals surface area (Å²) in [4.78, 5) is 1.38. The minimum Gasteiger partial charge on any atom is -0.457 e. The maximum atomic E-state index is 5.97. The number of hydrogen-bond acceptors (Lipinski definition) is 3. The van der Waals surface area contributed by atoms with E-state index in [1.807, 2.05) is 42.7 Å². The molecule has 0 spiro atoms. The number of benzene rings is 2. The first-order chi connectivity index (χ1) is 9.52. The van der Waals surface area contributed by atoms with Gasteiger partial charge in [0, 0.05) is 4.90 Å². The molecular formula is C16H17NOS2. The molecule has 0 aliphatic carbocycles. The lowest BCUT2D eigenvalue weighted by molar-refractivity contribution is 0.479. The van der Waals surface area contributed by atoms with E-state index in [-0.39, 0.29) is 0 Å². The lowest BCUT2D eigenvalue weighted by Crippen LogP contribution is -2.12. The van der Waals surface area contributed by atoms with Crippen LogP contribution in [-0.2, 0) is 0 Å². The van der Waals surface area contributed by atoms with Crippen LogP contribution in [0.25, 0.3) is 0 Å². The Morgan fingerprint density at radius 1 is 1.15 bits per heavy atom. The van der Waals surface area contributed by atoms with Crippen molar-refractivity contribution in [2.24, 2.45) is 5.73 Å². The molecule has 0 aliphatic heterocycles. The first-order valence-corrected chi connectivity index (χ1v) is 7.88. The minimum absolute atomic E-state index is 0.355. The molecule has 0 atom stereocenters. The summed E-state index contributed by atoms with van der Waals surface area (Å²) >= 11 is 6.76. The maximum absolute atomic E-state index is 5.97. The van der Waals surface area contributed by atoms with E-state index in [9.17, 15) is 0 Å². The molecule has 0 aliphatic rings. The number of rotatable bonds is 4. The molecule has 20 heavy (non-hydrogen) atoms. The van der Waals surface area contributed by atoms with Crippen LogP contribution in [0.2, 0.25) is 0 Å². The Hall–Kier alpha value is -1.52. The average molecular weight is 303 g/mol. The normalized spacial score (nSPS) is 10.3. The summed E-state index contributed by atoms with van der Waals surface area (Å²) < 4.78 is 5.97. The quantitative estimate of drug-likeness (QED) is 0.668. The van der Waals surface area contributed by atoms with E-state index >= 15 is 0 Å². The Kier molecular flexibility index (Phi) is 4.68. The Labute approximate surface area is 129 Å². The molecule has 0 amide bonds. The van der Waals surface area contributed by atoms with Crippen molar-refractivity contribution in [3.8, 4) is 11.5 Å². The molecule has 0 heterocycles.